The molecule has 2 heterocycles. The minimum Gasteiger partial charge on any atom is -0.391 e. The number of hydrogen-bond acceptors (Lipinski definition) is 4. The van der Waals surface area contributed by atoms with Gasteiger partial charge in [0.1, 0.15) is 0 Å². The number of amides is 1. The van der Waals surface area contributed by atoms with Crippen LogP contribution in [0, 0.1) is 0 Å². The highest BCUT2D eigenvalue weighted by Gasteiger charge is 2.27. The van der Waals surface area contributed by atoms with Crippen molar-refractivity contribution in [3.05, 3.63) is 16.6 Å². The molecule has 0 aromatic carbocycles. The number of hydrogen-bond donors (Lipinski definition) is 1. The molecular formula is C9H12N2O2S. The Bertz CT molecular complexity index is 313. The van der Waals surface area contributed by atoms with E-state index in [0.717, 1.165) is 11.4 Å². The van der Waals surface area contributed by atoms with Crippen molar-refractivity contribution in [1.29, 1.82) is 0 Å². The molecule has 0 saturated carbocycles. The van der Waals surface area contributed by atoms with E-state index in [1.54, 1.807) is 22.4 Å². The van der Waals surface area contributed by atoms with E-state index in [0.29, 0.717) is 13.1 Å². The minimum absolute atomic E-state index is 0.0501. The monoisotopic (exact) mass is 212 g/mol. The third kappa shape index (κ3) is 2.10. The lowest BCUT2D eigenvalue weighted by Gasteiger charge is -2.14. The van der Waals surface area contributed by atoms with Crippen molar-refractivity contribution in [2.75, 3.05) is 13.1 Å². The Kier molecular flexibility index (Phi) is 2.79. The first-order valence-corrected chi connectivity index (χ1v) is 5.48. The average Bonchev–Trinajstić information content (AvgIpc) is 2.72. The lowest BCUT2D eigenvalue weighted by molar-refractivity contribution is -0.127. The van der Waals surface area contributed by atoms with Crippen LogP contribution in [0.2, 0.25) is 0 Å². The Morgan fingerprint density at radius 2 is 2.57 bits per heavy atom. The molecule has 1 aromatic rings. The molecule has 1 aliphatic heterocycles. The van der Waals surface area contributed by atoms with Crippen molar-refractivity contribution in [2.24, 2.45) is 0 Å². The molecule has 1 fully saturated rings. The van der Waals surface area contributed by atoms with Crippen LogP contribution in [-0.4, -0.2) is 40.1 Å². The predicted octanol–water partition coefficient (Wildman–Crippen LogP) is 0.279. The smallest absolute Gasteiger partial charge is 0.225 e. The Labute approximate surface area is 86.2 Å². The molecule has 14 heavy (non-hydrogen) atoms. The largest absolute Gasteiger partial charge is 0.391 e. The second kappa shape index (κ2) is 4.06. The van der Waals surface area contributed by atoms with Crippen LogP contribution in [-0.2, 0) is 11.2 Å². The van der Waals surface area contributed by atoms with Gasteiger partial charge in [-0.25, -0.2) is 4.98 Å². The third-order valence-electron chi connectivity index (χ3n) is 2.27. The molecule has 0 bridgehead atoms. The summed E-state index contributed by atoms with van der Waals surface area (Å²) >= 11 is 1.60. The summed E-state index contributed by atoms with van der Waals surface area (Å²) in [6, 6.07) is 0. The van der Waals surface area contributed by atoms with Gasteiger partial charge in [-0.05, 0) is 0 Å². The fourth-order valence-corrected chi connectivity index (χ4v) is 2.18. The zero-order valence-electron chi connectivity index (χ0n) is 7.72. The van der Waals surface area contributed by atoms with Crippen LogP contribution in [0.1, 0.15) is 11.4 Å². The zero-order valence-corrected chi connectivity index (χ0v) is 8.54. The summed E-state index contributed by atoms with van der Waals surface area (Å²) in [5.74, 6) is 0.0501. The molecule has 4 nitrogen and oxygen atoms in total. The molecule has 0 spiro atoms. The molecule has 0 aliphatic carbocycles. The van der Waals surface area contributed by atoms with Crippen LogP contribution in [0.4, 0.5) is 0 Å². The highest BCUT2D eigenvalue weighted by molar-refractivity contribution is 7.09. The highest BCUT2D eigenvalue weighted by Crippen LogP contribution is 2.12. The standard InChI is InChI=1S/C9H12N2O2S/c12-7-5-9(13)11(6-7)3-1-8-10-2-4-14-8/h2,4,7,12H,1,3,5-6H2. The van der Waals surface area contributed by atoms with Gasteiger partial charge in [0.25, 0.3) is 0 Å². The first-order chi connectivity index (χ1) is 6.75. The van der Waals surface area contributed by atoms with Gasteiger partial charge in [-0.2, -0.15) is 0 Å². The Balaban J connectivity index is 1.84. The summed E-state index contributed by atoms with van der Waals surface area (Å²) < 4.78 is 0. The summed E-state index contributed by atoms with van der Waals surface area (Å²) in [6.07, 6.45) is 2.35. The molecule has 5 heteroatoms. The van der Waals surface area contributed by atoms with E-state index in [9.17, 15) is 9.90 Å². The van der Waals surface area contributed by atoms with E-state index in [2.05, 4.69) is 4.98 Å². The number of carbonyl (C=O) groups excluding carboxylic acids is 1. The second-order valence-corrected chi connectivity index (χ2v) is 4.35. The van der Waals surface area contributed by atoms with Crippen LogP contribution in [0.3, 0.4) is 0 Å². The molecule has 1 atom stereocenters. The molecule has 2 rings (SSSR count). The molecule has 1 aliphatic rings. The van der Waals surface area contributed by atoms with Crippen molar-refractivity contribution in [3.8, 4) is 0 Å². The fraction of sp³-hybridized carbons (Fsp3) is 0.556. The van der Waals surface area contributed by atoms with Gasteiger partial charge in [0.05, 0.1) is 17.5 Å². The highest BCUT2D eigenvalue weighted by atomic mass is 32.1. The number of carbonyl (C=O) groups is 1. The maximum Gasteiger partial charge on any atom is 0.225 e. The van der Waals surface area contributed by atoms with E-state index in [1.165, 1.54) is 0 Å². The quantitative estimate of drug-likeness (QED) is 0.783. The maximum absolute atomic E-state index is 11.3. The van der Waals surface area contributed by atoms with Gasteiger partial charge in [0.15, 0.2) is 0 Å². The predicted molar refractivity (Wildman–Crippen MR) is 53.0 cm³/mol. The van der Waals surface area contributed by atoms with E-state index in [-0.39, 0.29) is 12.3 Å². The summed E-state index contributed by atoms with van der Waals surface area (Å²) in [6.45, 7) is 1.15. The Hall–Kier alpha value is -0.940. The zero-order chi connectivity index (χ0) is 9.97. The van der Waals surface area contributed by atoms with Gasteiger partial charge in [-0.3, -0.25) is 4.79 Å². The Morgan fingerprint density at radius 3 is 3.14 bits per heavy atom. The SMILES string of the molecule is O=C1CC(O)CN1CCc1nccs1. The molecular weight excluding hydrogens is 200 g/mol. The first kappa shape index (κ1) is 9.61. The lowest BCUT2D eigenvalue weighted by atomic mass is 10.3. The summed E-state index contributed by atoms with van der Waals surface area (Å²) in [7, 11) is 0. The molecule has 0 radical (unpaired) electrons. The molecule has 1 N–H and O–H groups in total. The van der Waals surface area contributed by atoms with Crippen molar-refractivity contribution in [1.82, 2.24) is 9.88 Å². The van der Waals surface area contributed by atoms with E-state index in [4.69, 9.17) is 0 Å². The van der Waals surface area contributed by atoms with Crippen LogP contribution in [0.15, 0.2) is 11.6 Å². The molecule has 1 unspecified atom stereocenters. The summed E-state index contributed by atoms with van der Waals surface area (Å²) in [5, 5.41) is 12.2. The number of β-amino-alcohol motifs (C(OH)–C–C–N with tert-alkyl or cyclic N) is 1. The van der Waals surface area contributed by atoms with E-state index >= 15 is 0 Å². The Morgan fingerprint density at radius 1 is 1.71 bits per heavy atom. The van der Waals surface area contributed by atoms with Crippen molar-refractivity contribution < 1.29 is 9.90 Å². The first-order valence-electron chi connectivity index (χ1n) is 4.60. The molecule has 1 amide bonds. The van der Waals surface area contributed by atoms with Crippen LogP contribution in [0.25, 0.3) is 0 Å². The summed E-state index contributed by atoms with van der Waals surface area (Å²) in [5.41, 5.74) is 0. The van der Waals surface area contributed by atoms with Crippen molar-refractivity contribution in [2.45, 2.75) is 18.9 Å². The van der Waals surface area contributed by atoms with Crippen LogP contribution < -0.4 is 0 Å². The van der Waals surface area contributed by atoms with Gasteiger partial charge in [0.2, 0.25) is 5.91 Å². The topological polar surface area (TPSA) is 53.4 Å². The van der Waals surface area contributed by atoms with E-state index in [1.807, 2.05) is 5.38 Å². The van der Waals surface area contributed by atoms with E-state index < -0.39 is 6.10 Å². The number of rotatable bonds is 3. The summed E-state index contributed by atoms with van der Waals surface area (Å²) in [4.78, 5) is 17.1. The number of aromatic nitrogens is 1. The lowest BCUT2D eigenvalue weighted by Crippen LogP contribution is -2.28. The number of thiazole rings is 1. The number of aliphatic hydroxyl groups is 1. The van der Waals surface area contributed by atoms with Crippen LogP contribution in [0.5, 0.6) is 0 Å². The molecule has 1 aromatic heterocycles. The minimum atomic E-state index is -0.473. The van der Waals surface area contributed by atoms with Crippen molar-refractivity contribution in [3.63, 3.8) is 0 Å². The van der Waals surface area contributed by atoms with Gasteiger partial charge in [-0.15, -0.1) is 11.3 Å². The second-order valence-electron chi connectivity index (χ2n) is 3.37. The number of aliphatic hydroxyl groups excluding tert-OH is 1. The van der Waals surface area contributed by atoms with Crippen LogP contribution >= 0.6 is 11.3 Å². The maximum atomic E-state index is 11.3. The van der Waals surface area contributed by atoms with Gasteiger partial charge in [0, 0.05) is 31.1 Å². The normalized spacial score (nSPS) is 21.9. The van der Waals surface area contributed by atoms with Gasteiger partial charge in [-0.1, -0.05) is 0 Å². The average molecular weight is 212 g/mol. The molecule has 1 saturated heterocycles. The van der Waals surface area contributed by atoms with Gasteiger partial charge >= 0.3 is 0 Å². The van der Waals surface area contributed by atoms with Crippen molar-refractivity contribution >= 4 is 17.2 Å². The van der Waals surface area contributed by atoms with Gasteiger partial charge < -0.3 is 10.0 Å². The number of likely N-dealkylation sites (tertiary alicyclic amines) is 1. The third-order valence-corrected chi connectivity index (χ3v) is 3.11. The molecule has 76 valence electrons. The fourth-order valence-electron chi connectivity index (χ4n) is 1.57. The number of nitrogens with zero attached hydrogens (tertiary/aromatic N) is 2.